The molecule has 1 aliphatic heterocycles. The molecule has 2 aromatic heterocycles. The summed E-state index contributed by atoms with van der Waals surface area (Å²) in [6.45, 7) is -1.67. The SMILES string of the molecule is O=C(c1csc(-c2cn[nH]c2)c1)N1CCC(c2ccccc2OC(F)F)CC1. The second kappa shape index (κ2) is 8.10. The highest BCUT2D eigenvalue weighted by Crippen LogP contribution is 2.35. The number of benzene rings is 1. The van der Waals surface area contributed by atoms with Crippen LogP contribution in [0.1, 0.15) is 34.7 Å². The van der Waals surface area contributed by atoms with Crippen LogP contribution in [0, 0.1) is 0 Å². The first-order chi connectivity index (χ1) is 13.6. The summed E-state index contributed by atoms with van der Waals surface area (Å²) in [5.41, 5.74) is 2.41. The summed E-state index contributed by atoms with van der Waals surface area (Å²) in [5, 5.41) is 8.57. The highest BCUT2D eigenvalue weighted by atomic mass is 32.1. The number of alkyl halides is 2. The molecule has 1 N–H and O–H groups in total. The molecule has 3 aromatic rings. The van der Waals surface area contributed by atoms with E-state index in [1.54, 1.807) is 24.5 Å². The standard InChI is InChI=1S/C20H19F2N3O2S/c21-20(22)27-17-4-2-1-3-16(17)13-5-7-25(8-6-13)19(26)14-9-18(28-12-14)15-10-23-24-11-15/h1-4,9-13,20H,5-8H2,(H,23,24). The number of ether oxygens (including phenoxy) is 1. The molecule has 146 valence electrons. The maximum Gasteiger partial charge on any atom is 0.387 e. The average Bonchev–Trinajstić information content (AvgIpc) is 3.39. The number of likely N-dealkylation sites (tertiary alicyclic amines) is 1. The molecule has 3 heterocycles. The number of rotatable bonds is 5. The first-order valence-corrected chi connectivity index (χ1v) is 9.90. The van der Waals surface area contributed by atoms with Crippen molar-refractivity contribution < 1.29 is 18.3 Å². The lowest BCUT2D eigenvalue weighted by Gasteiger charge is -2.32. The van der Waals surface area contributed by atoms with Crippen molar-refractivity contribution in [2.45, 2.75) is 25.4 Å². The Bertz CT molecular complexity index is 935. The van der Waals surface area contributed by atoms with Crippen LogP contribution in [0.15, 0.2) is 48.1 Å². The van der Waals surface area contributed by atoms with Gasteiger partial charge < -0.3 is 9.64 Å². The third kappa shape index (κ3) is 3.91. The molecule has 0 spiro atoms. The Labute approximate surface area is 164 Å². The number of amides is 1. The van der Waals surface area contributed by atoms with Gasteiger partial charge in [-0.2, -0.15) is 13.9 Å². The Morgan fingerprint density at radius 1 is 1.29 bits per heavy atom. The number of thiophene rings is 1. The van der Waals surface area contributed by atoms with E-state index in [0.717, 1.165) is 16.0 Å². The van der Waals surface area contributed by atoms with Gasteiger partial charge in [-0.25, -0.2) is 0 Å². The monoisotopic (exact) mass is 403 g/mol. The van der Waals surface area contributed by atoms with E-state index in [0.29, 0.717) is 31.5 Å². The van der Waals surface area contributed by atoms with Crippen molar-refractivity contribution in [3.63, 3.8) is 0 Å². The van der Waals surface area contributed by atoms with Crippen LogP contribution in [-0.2, 0) is 0 Å². The lowest BCUT2D eigenvalue weighted by Crippen LogP contribution is -2.37. The van der Waals surface area contributed by atoms with Gasteiger partial charge in [0.1, 0.15) is 5.75 Å². The van der Waals surface area contributed by atoms with Gasteiger partial charge in [-0.1, -0.05) is 18.2 Å². The van der Waals surface area contributed by atoms with Crippen molar-refractivity contribution in [2.24, 2.45) is 0 Å². The zero-order valence-electron chi connectivity index (χ0n) is 15.0. The predicted octanol–water partition coefficient (Wildman–Crippen LogP) is 4.76. The number of para-hydroxylation sites is 1. The molecule has 1 fully saturated rings. The van der Waals surface area contributed by atoms with Crippen LogP contribution in [0.25, 0.3) is 10.4 Å². The molecule has 4 rings (SSSR count). The Kier molecular flexibility index (Phi) is 5.38. The summed E-state index contributed by atoms with van der Waals surface area (Å²) in [7, 11) is 0. The van der Waals surface area contributed by atoms with Crippen molar-refractivity contribution >= 4 is 17.2 Å². The van der Waals surface area contributed by atoms with Crippen LogP contribution < -0.4 is 4.74 Å². The normalized spacial score (nSPS) is 15.2. The second-order valence-corrected chi connectivity index (χ2v) is 7.58. The van der Waals surface area contributed by atoms with Gasteiger partial charge in [-0.15, -0.1) is 11.3 Å². The number of hydrogen-bond acceptors (Lipinski definition) is 4. The quantitative estimate of drug-likeness (QED) is 0.668. The molecule has 1 aromatic carbocycles. The van der Waals surface area contributed by atoms with Crippen LogP contribution in [0.2, 0.25) is 0 Å². The smallest absolute Gasteiger partial charge is 0.387 e. The molecule has 28 heavy (non-hydrogen) atoms. The molecule has 0 bridgehead atoms. The largest absolute Gasteiger partial charge is 0.435 e. The van der Waals surface area contributed by atoms with Crippen LogP contribution in [-0.4, -0.2) is 40.7 Å². The summed E-state index contributed by atoms with van der Waals surface area (Å²) < 4.78 is 30.0. The zero-order valence-corrected chi connectivity index (χ0v) is 15.8. The number of nitrogens with zero attached hydrogens (tertiary/aromatic N) is 2. The number of carbonyl (C=O) groups is 1. The summed E-state index contributed by atoms with van der Waals surface area (Å²) in [6.07, 6.45) is 4.96. The van der Waals surface area contributed by atoms with Gasteiger partial charge in [0.05, 0.1) is 11.8 Å². The number of aromatic amines is 1. The van der Waals surface area contributed by atoms with E-state index in [1.165, 1.54) is 11.3 Å². The molecule has 0 saturated carbocycles. The van der Waals surface area contributed by atoms with E-state index in [2.05, 4.69) is 14.9 Å². The summed E-state index contributed by atoms with van der Waals surface area (Å²) in [5.74, 6) is 0.328. The number of hydrogen-bond donors (Lipinski definition) is 1. The highest BCUT2D eigenvalue weighted by Gasteiger charge is 2.27. The Morgan fingerprint density at radius 2 is 2.07 bits per heavy atom. The molecule has 0 aliphatic carbocycles. The van der Waals surface area contributed by atoms with E-state index < -0.39 is 6.61 Å². The van der Waals surface area contributed by atoms with Crippen molar-refractivity contribution in [1.82, 2.24) is 15.1 Å². The first-order valence-electron chi connectivity index (χ1n) is 9.02. The van der Waals surface area contributed by atoms with Gasteiger partial charge in [0.15, 0.2) is 0 Å². The predicted molar refractivity (Wildman–Crippen MR) is 103 cm³/mol. The van der Waals surface area contributed by atoms with E-state index in [9.17, 15) is 13.6 Å². The molecule has 0 atom stereocenters. The number of aromatic nitrogens is 2. The van der Waals surface area contributed by atoms with E-state index in [4.69, 9.17) is 0 Å². The Hall–Kier alpha value is -2.74. The molecular formula is C20H19F2N3O2S. The zero-order chi connectivity index (χ0) is 19.5. The molecular weight excluding hydrogens is 384 g/mol. The van der Waals surface area contributed by atoms with E-state index in [1.807, 2.05) is 28.5 Å². The fourth-order valence-corrected chi connectivity index (χ4v) is 4.45. The summed E-state index contributed by atoms with van der Waals surface area (Å²) in [4.78, 5) is 15.6. The fraction of sp³-hybridized carbons (Fsp3) is 0.300. The van der Waals surface area contributed by atoms with Crippen molar-refractivity contribution in [2.75, 3.05) is 13.1 Å². The first kappa shape index (κ1) is 18.6. The van der Waals surface area contributed by atoms with Crippen molar-refractivity contribution in [3.05, 3.63) is 59.2 Å². The van der Waals surface area contributed by atoms with Crippen LogP contribution in [0.3, 0.4) is 0 Å². The third-order valence-electron chi connectivity index (χ3n) is 4.99. The Balaban J connectivity index is 1.41. The minimum absolute atomic E-state index is 0.00144. The number of piperidine rings is 1. The molecule has 5 nitrogen and oxygen atoms in total. The topological polar surface area (TPSA) is 58.2 Å². The molecule has 1 saturated heterocycles. The second-order valence-electron chi connectivity index (χ2n) is 6.67. The van der Waals surface area contributed by atoms with Crippen LogP contribution in [0.4, 0.5) is 8.78 Å². The van der Waals surface area contributed by atoms with E-state index >= 15 is 0 Å². The lowest BCUT2D eigenvalue weighted by molar-refractivity contribution is -0.0507. The average molecular weight is 403 g/mol. The maximum atomic E-state index is 12.8. The van der Waals surface area contributed by atoms with Gasteiger partial charge in [0.2, 0.25) is 0 Å². The van der Waals surface area contributed by atoms with E-state index in [-0.39, 0.29) is 17.6 Å². The lowest BCUT2D eigenvalue weighted by atomic mass is 9.88. The molecule has 0 radical (unpaired) electrons. The maximum absolute atomic E-state index is 12.8. The van der Waals surface area contributed by atoms with Crippen molar-refractivity contribution in [1.29, 1.82) is 0 Å². The van der Waals surface area contributed by atoms with Crippen LogP contribution >= 0.6 is 11.3 Å². The Morgan fingerprint density at radius 3 is 2.79 bits per heavy atom. The minimum Gasteiger partial charge on any atom is -0.435 e. The number of nitrogens with one attached hydrogen (secondary N) is 1. The van der Waals surface area contributed by atoms with Gasteiger partial charge in [0.25, 0.3) is 5.91 Å². The highest BCUT2D eigenvalue weighted by molar-refractivity contribution is 7.13. The molecule has 1 aliphatic rings. The van der Waals surface area contributed by atoms with Crippen molar-refractivity contribution in [3.8, 4) is 16.2 Å². The fourth-order valence-electron chi connectivity index (χ4n) is 3.58. The number of H-pyrrole nitrogens is 1. The minimum atomic E-state index is -2.84. The molecule has 8 heteroatoms. The van der Waals surface area contributed by atoms with Gasteiger partial charge >= 0.3 is 6.61 Å². The van der Waals surface area contributed by atoms with Gasteiger partial charge in [0, 0.05) is 35.1 Å². The van der Waals surface area contributed by atoms with Gasteiger partial charge in [-0.05, 0) is 36.5 Å². The van der Waals surface area contributed by atoms with Gasteiger partial charge in [-0.3, -0.25) is 9.89 Å². The molecule has 0 unspecified atom stereocenters. The summed E-state index contributed by atoms with van der Waals surface area (Å²) >= 11 is 1.51. The summed E-state index contributed by atoms with van der Waals surface area (Å²) in [6, 6.07) is 8.80. The number of halogens is 2. The number of carbonyl (C=O) groups excluding carboxylic acids is 1. The third-order valence-corrected chi connectivity index (χ3v) is 5.97. The van der Waals surface area contributed by atoms with Crippen LogP contribution in [0.5, 0.6) is 5.75 Å². The molecule has 1 amide bonds.